The molecular weight excluding hydrogens is 256 g/mol. The van der Waals surface area contributed by atoms with E-state index in [4.69, 9.17) is 5.26 Å². The van der Waals surface area contributed by atoms with E-state index in [1.807, 2.05) is 12.1 Å². The van der Waals surface area contributed by atoms with Crippen LogP contribution in [0.5, 0.6) is 0 Å². The Morgan fingerprint density at radius 2 is 1.90 bits per heavy atom. The molecule has 0 unspecified atom stereocenters. The van der Waals surface area contributed by atoms with Gasteiger partial charge in [0.25, 0.3) is 5.69 Å². The first kappa shape index (κ1) is 13.4. The van der Waals surface area contributed by atoms with E-state index in [1.54, 1.807) is 24.3 Å². The van der Waals surface area contributed by atoms with Gasteiger partial charge < -0.3 is 0 Å². The van der Waals surface area contributed by atoms with E-state index >= 15 is 0 Å². The zero-order chi connectivity index (χ0) is 14.5. The highest BCUT2D eigenvalue weighted by Crippen LogP contribution is 2.19. The molecule has 0 aliphatic carbocycles. The van der Waals surface area contributed by atoms with E-state index in [2.05, 4.69) is 0 Å². The van der Waals surface area contributed by atoms with Crippen LogP contribution in [0, 0.1) is 21.4 Å². The molecule has 0 aliphatic rings. The highest BCUT2D eigenvalue weighted by Gasteiger charge is 2.14. The summed E-state index contributed by atoms with van der Waals surface area (Å²) in [5.74, 6) is -0.129. The van der Waals surface area contributed by atoms with Gasteiger partial charge in [0.15, 0.2) is 5.78 Å². The number of rotatable bonds is 4. The maximum atomic E-state index is 12.1. The van der Waals surface area contributed by atoms with Gasteiger partial charge in [-0.15, -0.1) is 0 Å². The Kier molecular flexibility index (Phi) is 3.87. The Hall–Kier alpha value is -3.00. The fourth-order valence-corrected chi connectivity index (χ4v) is 1.84. The van der Waals surface area contributed by atoms with Crippen LogP contribution in [-0.4, -0.2) is 10.7 Å². The number of nitriles is 1. The third-order valence-corrected chi connectivity index (χ3v) is 2.87. The van der Waals surface area contributed by atoms with Crippen LogP contribution in [0.1, 0.15) is 21.5 Å². The number of carbonyl (C=O) groups excluding carboxylic acids is 1. The summed E-state index contributed by atoms with van der Waals surface area (Å²) in [7, 11) is 0. The van der Waals surface area contributed by atoms with Gasteiger partial charge >= 0.3 is 0 Å². The van der Waals surface area contributed by atoms with Gasteiger partial charge in [0.05, 0.1) is 16.6 Å². The third-order valence-electron chi connectivity index (χ3n) is 2.87. The lowest BCUT2D eigenvalue weighted by Gasteiger charge is -2.03. The van der Waals surface area contributed by atoms with Gasteiger partial charge in [0.1, 0.15) is 0 Å². The van der Waals surface area contributed by atoms with Gasteiger partial charge in [-0.1, -0.05) is 36.4 Å². The summed E-state index contributed by atoms with van der Waals surface area (Å²) < 4.78 is 0. The number of Topliss-reactive ketones (excluding diaryl/α,β-unsaturated/α-hetero) is 1. The van der Waals surface area contributed by atoms with Crippen LogP contribution in [0.25, 0.3) is 0 Å². The van der Waals surface area contributed by atoms with E-state index in [0.717, 1.165) is 0 Å². The highest BCUT2D eigenvalue weighted by atomic mass is 16.6. The molecule has 2 aromatic rings. The molecule has 0 amide bonds. The monoisotopic (exact) mass is 266 g/mol. The van der Waals surface area contributed by atoms with E-state index in [0.29, 0.717) is 11.1 Å². The van der Waals surface area contributed by atoms with Crippen molar-refractivity contribution < 1.29 is 9.72 Å². The first-order chi connectivity index (χ1) is 9.61. The summed E-state index contributed by atoms with van der Waals surface area (Å²) >= 11 is 0. The van der Waals surface area contributed by atoms with E-state index in [1.165, 1.54) is 18.2 Å². The largest absolute Gasteiger partial charge is 0.294 e. The molecule has 5 nitrogen and oxygen atoms in total. The van der Waals surface area contributed by atoms with Gasteiger partial charge in [-0.2, -0.15) is 5.26 Å². The molecule has 0 radical (unpaired) electrons. The first-order valence-corrected chi connectivity index (χ1v) is 5.87. The number of hydrogen-bond donors (Lipinski definition) is 0. The predicted octanol–water partition coefficient (Wildman–Crippen LogP) is 2.89. The number of ketones is 1. The van der Waals surface area contributed by atoms with Crippen molar-refractivity contribution >= 4 is 11.5 Å². The first-order valence-electron chi connectivity index (χ1n) is 5.87. The van der Waals surface area contributed by atoms with Crippen molar-refractivity contribution in [3.63, 3.8) is 0 Å². The molecule has 20 heavy (non-hydrogen) atoms. The van der Waals surface area contributed by atoms with Gasteiger partial charge in [-0.05, 0) is 5.56 Å². The molecule has 2 rings (SSSR count). The fraction of sp³-hybridized carbons (Fsp3) is 0.0667. The molecule has 0 spiro atoms. The standard InChI is InChI=1S/C15H10N2O3/c16-10-13-8-14(17(19)20)7-6-12(13)9-15(18)11-4-2-1-3-5-11/h1-8H,9H2. The Morgan fingerprint density at radius 3 is 2.50 bits per heavy atom. The van der Waals surface area contributed by atoms with Crippen molar-refractivity contribution in [3.8, 4) is 6.07 Å². The third kappa shape index (κ3) is 2.87. The maximum absolute atomic E-state index is 12.1. The lowest BCUT2D eigenvalue weighted by molar-refractivity contribution is -0.384. The fourth-order valence-electron chi connectivity index (χ4n) is 1.84. The zero-order valence-corrected chi connectivity index (χ0v) is 10.4. The number of nitro benzene ring substituents is 1. The Balaban J connectivity index is 2.28. The second-order valence-electron chi connectivity index (χ2n) is 4.18. The summed E-state index contributed by atoms with van der Waals surface area (Å²) in [6.45, 7) is 0. The van der Waals surface area contributed by atoms with Crippen LogP contribution >= 0.6 is 0 Å². The molecule has 0 fully saturated rings. The summed E-state index contributed by atoms with van der Waals surface area (Å²) in [5.41, 5.74) is 1.04. The van der Waals surface area contributed by atoms with Crippen molar-refractivity contribution in [3.05, 3.63) is 75.3 Å². The summed E-state index contributed by atoms with van der Waals surface area (Å²) in [6.07, 6.45) is 0.0465. The van der Waals surface area contributed by atoms with Crippen molar-refractivity contribution in [1.82, 2.24) is 0 Å². The highest BCUT2D eigenvalue weighted by molar-refractivity contribution is 5.97. The van der Waals surface area contributed by atoms with Crippen molar-refractivity contribution in [2.75, 3.05) is 0 Å². The minimum atomic E-state index is -0.566. The molecule has 0 saturated carbocycles. The molecule has 0 bridgehead atoms. The van der Waals surface area contributed by atoms with E-state index in [9.17, 15) is 14.9 Å². The molecule has 5 heteroatoms. The average Bonchev–Trinajstić information content (AvgIpc) is 2.48. The maximum Gasteiger partial charge on any atom is 0.270 e. The van der Waals surface area contributed by atoms with Crippen LogP contribution in [0.4, 0.5) is 5.69 Å². The van der Waals surface area contributed by atoms with Crippen LogP contribution in [0.2, 0.25) is 0 Å². The molecule has 0 heterocycles. The lowest BCUT2D eigenvalue weighted by atomic mass is 9.99. The minimum absolute atomic E-state index is 0.0465. The summed E-state index contributed by atoms with van der Waals surface area (Å²) in [5, 5.41) is 19.7. The molecule has 0 N–H and O–H groups in total. The number of nitro groups is 1. The summed E-state index contributed by atoms with van der Waals surface area (Å²) in [4.78, 5) is 22.1. The van der Waals surface area contributed by atoms with E-state index < -0.39 is 4.92 Å². The molecular formula is C15H10N2O3. The number of benzene rings is 2. The topological polar surface area (TPSA) is 84.0 Å². The molecule has 98 valence electrons. The molecule has 0 atom stereocenters. The quantitative estimate of drug-likeness (QED) is 0.484. The van der Waals surface area contributed by atoms with Gasteiger partial charge in [0.2, 0.25) is 0 Å². The average molecular weight is 266 g/mol. The Bertz CT molecular complexity index is 703. The minimum Gasteiger partial charge on any atom is -0.294 e. The molecule has 0 saturated heterocycles. The van der Waals surface area contributed by atoms with Crippen molar-refractivity contribution in [1.29, 1.82) is 5.26 Å². The molecule has 2 aromatic carbocycles. The number of carbonyl (C=O) groups is 1. The number of hydrogen-bond acceptors (Lipinski definition) is 4. The Labute approximate surface area is 115 Å². The van der Waals surface area contributed by atoms with Gasteiger partial charge in [0, 0.05) is 24.1 Å². The van der Waals surface area contributed by atoms with Crippen LogP contribution < -0.4 is 0 Å². The smallest absolute Gasteiger partial charge is 0.270 e. The predicted molar refractivity (Wildman–Crippen MR) is 72.3 cm³/mol. The second-order valence-corrected chi connectivity index (χ2v) is 4.18. The van der Waals surface area contributed by atoms with Crippen molar-refractivity contribution in [2.45, 2.75) is 6.42 Å². The second kappa shape index (κ2) is 5.76. The molecule has 0 aromatic heterocycles. The SMILES string of the molecule is N#Cc1cc([N+](=O)[O-])ccc1CC(=O)c1ccccc1. The zero-order valence-electron chi connectivity index (χ0n) is 10.4. The number of non-ortho nitro benzene ring substituents is 1. The number of nitrogens with zero attached hydrogens (tertiary/aromatic N) is 2. The van der Waals surface area contributed by atoms with E-state index in [-0.39, 0.29) is 23.5 Å². The van der Waals surface area contributed by atoms with Crippen LogP contribution in [0.3, 0.4) is 0 Å². The van der Waals surface area contributed by atoms with Crippen molar-refractivity contribution in [2.24, 2.45) is 0 Å². The lowest BCUT2D eigenvalue weighted by Crippen LogP contribution is -2.05. The van der Waals surface area contributed by atoms with Gasteiger partial charge in [-0.3, -0.25) is 14.9 Å². The summed E-state index contributed by atoms with van der Waals surface area (Å²) in [6, 6.07) is 14.5. The van der Waals surface area contributed by atoms with Gasteiger partial charge in [-0.25, -0.2) is 0 Å². The Morgan fingerprint density at radius 1 is 1.20 bits per heavy atom. The normalized spacial score (nSPS) is 9.75. The van der Waals surface area contributed by atoms with Crippen LogP contribution in [0.15, 0.2) is 48.5 Å². The van der Waals surface area contributed by atoms with Crippen LogP contribution in [-0.2, 0) is 6.42 Å². The molecule has 0 aliphatic heterocycles.